The fraction of sp³-hybridized carbons (Fsp3) is 0.467. The summed E-state index contributed by atoms with van der Waals surface area (Å²) in [6.07, 6.45) is 0. The predicted octanol–water partition coefficient (Wildman–Crippen LogP) is 1.59. The van der Waals surface area contributed by atoms with Crippen molar-refractivity contribution >= 4 is 11.9 Å². The molecule has 5 nitrogen and oxygen atoms in total. The van der Waals surface area contributed by atoms with Crippen molar-refractivity contribution < 1.29 is 19.4 Å². The third-order valence-corrected chi connectivity index (χ3v) is 4.39. The quantitative estimate of drug-likeness (QED) is 0.878. The molecule has 20 heavy (non-hydrogen) atoms. The van der Waals surface area contributed by atoms with Crippen LogP contribution in [0.1, 0.15) is 25.5 Å². The number of hydrogen-bond acceptors (Lipinski definition) is 3. The number of aliphatic carboxylic acids is 1. The number of ether oxygens (including phenoxy) is 1. The number of amides is 1. The fourth-order valence-electron chi connectivity index (χ4n) is 3.13. The van der Waals surface area contributed by atoms with E-state index in [0.29, 0.717) is 6.61 Å². The van der Waals surface area contributed by atoms with Crippen LogP contribution in [0, 0.1) is 17.3 Å². The second-order valence-corrected chi connectivity index (χ2v) is 6.02. The molecule has 3 atom stereocenters. The van der Waals surface area contributed by atoms with E-state index >= 15 is 0 Å². The lowest BCUT2D eigenvalue weighted by Gasteiger charge is -2.12. The minimum Gasteiger partial charge on any atom is -0.491 e. The van der Waals surface area contributed by atoms with E-state index in [1.165, 1.54) is 0 Å². The number of para-hydroxylation sites is 1. The van der Waals surface area contributed by atoms with Gasteiger partial charge in [0.1, 0.15) is 12.4 Å². The first-order valence-corrected chi connectivity index (χ1v) is 6.68. The number of fused-ring (bicyclic) bond motifs is 1. The molecule has 1 aromatic carbocycles. The Balaban J connectivity index is 1.72. The Labute approximate surface area is 116 Å². The van der Waals surface area contributed by atoms with E-state index in [9.17, 15) is 9.59 Å². The summed E-state index contributed by atoms with van der Waals surface area (Å²) >= 11 is 0. The van der Waals surface area contributed by atoms with Crippen LogP contribution < -0.4 is 10.1 Å². The molecule has 0 spiro atoms. The van der Waals surface area contributed by atoms with Crippen LogP contribution in [-0.4, -0.2) is 23.6 Å². The zero-order chi connectivity index (χ0) is 14.5. The van der Waals surface area contributed by atoms with Gasteiger partial charge in [0, 0.05) is 5.56 Å². The van der Waals surface area contributed by atoms with E-state index in [4.69, 9.17) is 9.84 Å². The number of rotatable bonds is 3. The Kier molecular flexibility index (Phi) is 2.74. The molecule has 106 valence electrons. The third kappa shape index (κ3) is 1.85. The zero-order valence-corrected chi connectivity index (χ0v) is 11.4. The Morgan fingerprint density at radius 2 is 2.00 bits per heavy atom. The Hall–Kier alpha value is -2.04. The largest absolute Gasteiger partial charge is 0.491 e. The molecule has 0 bridgehead atoms. The van der Waals surface area contributed by atoms with Crippen molar-refractivity contribution in [3.8, 4) is 5.75 Å². The van der Waals surface area contributed by atoms with E-state index < -0.39 is 23.2 Å². The van der Waals surface area contributed by atoms with Crippen LogP contribution >= 0.6 is 0 Å². The maximum Gasteiger partial charge on any atom is 0.307 e. The summed E-state index contributed by atoms with van der Waals surface area (Å²) in [5, 5.41) is 12.0. The Bertz CT molecular complexity index is 581. The standard InChI is InChI=1S/C15H17NO4/c1-15(2)11(12(15)14(18)19)13(17)16-9-7-20-10-6-4-3-5-8(9)10/h3-6,9,11-12H,7H2,1-2H3,(H,16,17)(H,18,19). The molecule has 1 fully saturated rings. The SMILES string of the molecule is CC1(C)C(C(=O)O)C1C(=O)NC1COc2ccccc21. The molecule has 0 aromatic heterocycles. The van der Waals surface area contributed by atoms with E-state index in [2.05, 4.69) is 5.32 Å². The molecule has 1 amide bonds. The molecule has 3 rings (SSSR count). The number of carboxylic acid groups (broad SMARTS) is 1. The van der Waals surface area contributed by atoms with Crippen LogP contribution in [0.5, 0.6) is 5.75 Å². The molecule has 3 unspecified atom stereocenters. The molecule has 0 saturated heterocycles. The highest BCUT2D eigenvalue weighted by Gasteiger charge is 2.66. The lowest BCUT2D eigenvalue weighted by molar-refractivity contribution is -0.140. The van der Waals surface area contributed by atoms with Crippen LogP contribution in [0.4, 0.5) is 0 Å². The van der Waals surface area contributed by atoms with E-state index in [1.807, 2.05) is 38.1 Å². The Morgan fingerprint density at radius 1 is 1.30 bits per heavy atom. The minimum absolute atomic E-state index is 0.190. The number of nitrogens with one attached hydrogen (secondary N) is 1. The van der Waals surface area contributed by atoms with Gasteiger partial charge < -0.3 is 15.2 Å². The van der Waals surface area contributed by atoms with Gasteiger partial charge in [0.2, 0.25) is 5.91 Å². The van der Waals surface area contributed by atoms with E-state index in [0.717, 1.165) is 11.3 Å². The van der Waals surface area contributed by atoms with E-state index in [1.54, 1.807) is 0 Å². The maximum atomic E-state index is 12.3. The van der Waals surface area contributed by atoms with Gasteiger partial charge in [-0.15, -0.1) is 0 Å². The van der Waals surface area contributed by atoms with Crippen LogP contribution in [0.3, 0.4) is 0 Å². The van der Waals surface area contributed by atoms with Crippen LogP contribution in [0.2, 0.25) is 0 Å². The number of carboxylic acids is 1. The summed E-state index contributed by atoms with van der Waals surface area (Å²) in [5.41, 5.74) is 0.473. The third-order valence-electron chi connectivity index (χ3n) is 4.39. The second kappa shape index (κ2) is 4.23. The summed E-state index contributed by atoms with van der Waals surface area (Å²) in [6.45, 7) is 4.03. The van der Waals surface area contributed by atoms with Crippen molar-refractivity contribution in [1.82, 2.24) is 5.32 Å². The first-order valence-electron chi connectivity index (χ1n) is 6.68. The van der Waals surface area contributed by atoms with Crippen LogP contribution in [-0.2, 0) is 9.59 Å². The van der Waals surface area contributed by atoms with Crippen LogP contribution in [0.15, 0.2) is 24.3 Å². The highest BCUT2D eigenvalue weighted by Crippen LogP contribution is 2.58. The molecular formula is C15H17NO4. The van der Waals surface area contributed by atoms with Gasteiger partial charge in [0.25, 0.3) is 0 Å². The smallest absolute Gasteiger partial charge is 0.307 e. The number of benzene rings is 1. The molecule has 2 aliphatic rings. The first-order chi connectivity index (χ1) is 9.43. The second-order valence-electron chi connectivity index (χ2n) is 6.02. The summed E-state index contributed by atoms with van der Waals surface area (Å²) in [6, 6.07) is 7.37. The molecular weight excluding hydrogens is 258 g/mol. The summed E-state index contributed by atoms with van der Waals surface area (Å²) < 4.78 is 5.51. The molecule has 1 aliphatic carbocycles. The van der Waals surface area contributed by atoms with E-state index in [-0.39, 0.29) is 11.9 Å². The van der Waals surface area contributed by atoms with Crippen molar-refractivity contribution in [2.24, 2.45) is 17.3 Å². The monoisotopic (exact) mass is 275 g/mol. The molecule has 5 heteroatoms. The van der Waals surface area contributed by atoms with Gasteiger partial charge in [-0.1, -0.05) is 32.0 Å². The average molecular weight is 275 g/mol. The summed E-state index contributed by atoms with van der Waals surface area (Å²) in [5.74, 6) is -1.39. The van der Waals surface area contributed by atoms with Crippen molar-refractivity contribution in [3.05, 3.63) is 29.8 Å². The first kappa shape index (κ1) is 13.0. The zero-order valence-electron chi connectivity index (χ0n) is 11.4. The number of carbonyl (C=O) groups excluding carboxylic acids is 1. The molecule has 1 aliphatic heterocycles. The van der Waals surface area contributed by atoms with Gasteiger partial charge in [-0.05, 0) is 11.5 Å². The van der Waals surface area contributed by atoms with Gasteiger partial charge >= 0.3 is 5.97 Å². The lowest BCUT2D eigenvalue weighted by atomic mass is 10.1. The average Bonchev–Trinajstić information content (AvgIpc) is 2.77. The predicted molar refractivity (Wildman–Crippen MR) is 71.2 cm³/mol. The molecule has 2 N–H and O–H groups in total. The van der Waals surface area contributed by atoms with Gasteiger partial charge in [0.05, 0.1) is 17.9 Å². The van der Waals surface area contributed by atoms with Gasteiger partial charge in [-0.25, -0.2) is 0 Å². The normalized spacial score (nSPS) is 29.2. The van der Waals surface area contributed by atoms with Crippen molar-refractivity contribution in [2.45, 2.75) is 19.9 Å². The molecule has 1 saturated carbocycles. The van der Waals surface area contributed by atoms with Crippen molar-refractivity contribution in [2.75, 3.05) is 6.61 Å². The van der Waals surface area contributed by atoms with Crippen LogP contribution in [0.25, 0.3) is 0 Å². The van der Waals surface area contributed by atoms with Gasteiger partial charge in [0.15, 0.2) is 0 Å². The maximum absolute atomic E-state index is 12.3. The minimum atomic E-state index is -0.904. The number of carbonyl (C=O) groups is 2. The molecule has 1 heterocycles. The lowest BCUT2D eigenvalue weighted by Crippen LogP contribution is -2.32. The fourth-order valence-corrected chi connectivity index (χ4v) is 3.13. The topological polar surface area (TPSA) is 75.6 Å². The molecule has 0 radical (unpaired) electrons. The highest BCUT2D eigenvalue weighted by atomic mass is 16.5. The van der Waals surface area contributed by atoms with Gasteiger partial charge in [-0.3, -0.25) is 9.59 Å². The Morgan fingerprint density at radius 3 is 2.65 bits per heavy atom. The van der Waals surface area contributed by atoms with Gasteiger partial charge in [-0.2, -0.15) is 0 Å². The summed E-state index contributed by atoms with van der Waals surface area (Å²) in [4.78, 5) is 23.4. The van der Waals surface area contributed by atoms with Crippen molar-refractivity contribution in [3.63, 3.8) is 0 Å². The van der Waals surface area contributed by atoms with Crippen molar-refractivity contribution in [1.29, 1.82) is 0 Å². The summed E-state index contributed by atoms with van der Waals surface area (Å²) in [7, 11) is 0. The highest BCUT2D eigenvalue weighted by molar-refractivity contribution is 5.91. The molecule has 1 aromatic rings. The number of hydrogen-bond donors (Lipinski definition) is 2.